The van der Waals surface area contributed by atoms with Gasteiger partial charge in [0, 0.05) is 13.0 Å². The maximum absolute atomic E-state index is 13.0. The number of unbranched alkanes of at least 4 members (excludes halogenated alkanes) is 2. The van der Waals surface area contributed by atoms with Gasteiger partial charge in [0.15, 0.2) is 11.6 Å². The van der Waals surface area contributed by atoms with Crippen LogP contribution in [0.25, 0.3) is 0 Å². The second-order valence-electron chi connectivity index (χ2n) is 4.36. The third kappa shape index (κ3) is 5.76. The van der Waals surface area contributed by atoms with Gasteiger partial charge in [-0.15, -0.1) is 0 Å². The first-order chi connectivity index (χ1) is 9.86. The SMILES string of the molecule is COC(=O)CCCCCNS(=O)(=O)c1ccc(F)c(F)c1. The van der Waals surface area contributed by atoms with Crippen LogP contribution in [0.5, 0.6) is 0 Å². The number of rotatable bonds is 8. The number of carbonyl (C=O) groups excluding carboxylic acids is 1. The highest BCUT2D eigenvalue weighted by Crippen LogP contribution is 2.13. The molecule has 1 aromatic rings. The molecule has 8 heteroatoms. The molecule has 0 fully saturated rings. The number of methoxy groups -OCH3 is 1. The lowest BCUT2D eigenvalue weighted by Crippen LogP contribution is -2.25. The summed E-state index contributed by atoms with van der Waals surface area (Å²) in [5.74, 6) is -2.62. The van der Waals surface area contributed by atoms with E-state index in [2.05, 4.69) is 9.46 Å². The average molecular weight is 321 g/mol. The van der Waals surface area contributed by atoms with Crippen LogP contribution >= 0.6 is 0 Å². The average Bonchev–Trinajstić information content (AvgIpc) is 2.45. The fourth-order valence-electron chi connectivity index (χ4n) is 1.61. The van der Waals surface area contributed by atoms with E-state index in [-0.39, 0.29) is 23.8 Å². The second-order valence-corrected chi connectivity index (χ2v) is 6.13. The molecule has 0 atom stereocenters. The molecule has 0 spiro atoms. The van der Waals surface area contributed by atoms with E-state index in [0.29, 0.717) is 25.3 Å². The van der Waals surface area contributed by atoms with E-state index in [4.69, 9.17) is 0 Å². The molecule has 1 N–H and O–H groups in total. The van der Waals surface area contributed by atoms with Crippen molar-refractivity contribution >= 4 is 16.0 Å². The van der Waals surface area contributed by atoms with Gasteiger partial charge in [-0.3, -0.25) is 4.79 Å². The first-order valence-electron chi connectivity index (χ1n) is 6.38. The Bertz CT molecular complexity index is 590. The molecule has 0 bridgehead atoms. The van der Waals surface area contributed by atoms with Gasteiger partial charge in [0.2, 0.25) is 10.0 Å². The van der Waals surface area contributed by atoms with Gasteiger partial charge in [-0.2, -0.15) is 0 Å². The van der Waals surface area contributed by atoms with Crippen LogP contribution in [0.3, 0.4) is 0 Å². The quantitative estimate of drug-likeness (QED) is 0.587. The van der Waals surface area contributed by atoms with Gasteiger partial charge in [0.1, 0.15) is 0 Å². The highest BCUT2D eigenvalue weighted by atomic mass is 32.2. The van der Waals surface area contributed by atoms with Crippen molar-refractivity contribution in [2.75, 3.05) is 13.7 Å². The molecule has 0 radical (unpaired) electrons. The van der Waals surface area contributed by atoms with Gasteiger partial charge >= 0.3 is 5.97 Å². The predicted molar refractivity (Wildman–Crippen MR) is 72.0 cm³/mol. The van der Waals surface area contributed by atoms with Crippen LogP contribution in [-0.2, 0) is 19.6 Å². The van der Waals surface area contributed by atoms with Gasteiger partial charge in [-0.25, -0.2) is 21.9 Å². The Kier molecular flexibility index (Phi) is 6.70. The zero-order chi connectivity index (χ0) is 15.9. The van der Waals surface area contributed by atoms with Crippen LogP contribution in [0.4, 0.5) is 8.78 Å². The first kappa shape index (κ1) is 17.5. The van der Waals surface area contributed by atoms with Gasteiger partial charge < -0.3 is 4.74 Å². The van der Waals surface area contributed by atoms with Crippen LogP contribution in [0.2, 0.25) is 0 Å². The largest absolute Gasteiger partial charge is 0.469 e. The summed E-state index contributed by atoms with van der Waals surface area (Å²) in [7, 11) is -2.55. The van der Waals surface area contributed by atoms with E-state index in [1.807, 2.05) is 0 Å². The molecule has 0 heterocycles. The normalized spacial score (nSPS) is 11.4. The Morgan fingerprint density at radius 2 is 1.90 bits per heavy atom. The molecular formula is C13H17F2NO4S. The number of halogens is 2. The lowest BCUT2D eigenvalue weighted by atomic mass is 10.2. The van der Waals surface area contributed by atoms with Crippen LogP contribution in [0.15, 0.2) is 23.1 Å². The summed E-state index contributed by atoms with van der Waals surface area (Å²) in [6.45, 7) is 0.155. The summed E-state index contributed by atoms with van der Waals surface area (Å²) in [6.07, 6.45) is 2.06. The van der Waals surface area contributed by atoms with Crippen LogP contribution in [0.1, 0.15) is 25.7 Å². The van der Waals surface area contributed by atoms with Crippen molar-refractivity contribution in [2.45, 2.75) is 30.6 Å². The van der Waals surface area contributed by atoms with Crippen molar-refractivity contribution in [3.05, 3.63) is 29.8 Å². The molecule has 118 valence electrons. The Hall–Kier alpha value is -1.54. The number of hydrogen-bond donors (Lipinski definition) is 1. The van der Waals surface area contributed by atoms with E-state index in [9.17, 15) is 22.0 Å². The predicted octanol–water partition coefficient (Wildman–Crippen LogP) is 1.98. The maximum Gasteiger partial charge on any atom is 0.305 e. The minimum Gasteiger partial charge on any atom is -0.469 e. The van der Waals surface area contributed by atoms with Gasteiger partial charge in [-0.05, 0) is 31.0 Å². The fourth-order valence-corrected chi connectivity index (χ4v) is 2.69. The topological polar surface area (TPSA) is 72.5 Å². The molecule has 21 heavy (non-hydrogen) atoms. The lowest BCUT2D eigenvalue weighted by molar-refractivity contribution is -0.140. The zero-order valence-corrected chi connectivity index (χ0v) is 12.4. The van der Waals surface area contributed by atoms with Crippen LogP contribution < -0.4 is 4.72 Å². The molecule has 0 unspecified atom stereocenters. The van der Waals surface area contributed by atoms with Crippen LogP contribution in [-0.4, -0.2) is 28.0 Å². The van der Waals surface area contributed by atoms with E-state index >= 15 is 0 Å². The Labute approximate surface area is 122 Å². The molecule has 0 aliphatic rings. The van der Waals surface area contributed by atoms with E-state index < -0.39 is 21.7 Å². The van der Waals surface area contributed by atoms with E-state index in [0.717, 1.165) is 12.1 Å². The van der Waals surface area contributed by atoms with Gasteiger partial charge in [0.05, 0.1) is 12.0 Å². The van der Waals surface area contributed by atoms with Crippen molar-refractivity contribution in [1.29, 1.82) is 0 Å². The molecule has 5 nitrogen and oxygen atoms in total. The third-order valence-electron chi connectivity index (χ3n) is 2.78. The molecule has 0 saturated carbocycles. The Balaban J connectivity index is 2.40. The number of ether oxygens (including phenoxy) is 1. The smallest absolute Gasteiger partial charge is 0.305 e. The van der Waals surface area contributed by atoms with Gasteiger partial charge in [0.25, 0.3) is 0 Å². The molecule has 1 rings (SSSR count). The summed E-state index contributed by atoms with van der Waals surface area (Å²) < 4.78 is 56.1. The first-order valence-corrected chi connectivity index (χ1v) is 7.86. The number of esters is 1. The third-order valence-corrected chi connectivity index (χ3v) is 4.24. The number of hydrogen-bond acceptors (Lipinski definition) is 4. The highest BCUT2D eigenvalue weighted by Gasteiger charge is 2.15. The fraction of sp³-hybridized carbons (Fsp3) is 0.462. The van der Waals surface area contributed by atoms with Crippen molar-refractivity contribution < 1.29 is 26.7 Å². The summed E-state index contributed by atoms with van der Waals surface area (Å²) in [5, 5.41) is 0. The molecule has 0 amide bonds. The number of carbonyl (C=O) groups is 1. The van der Waals surface area contributed by atoms with Crippen molar-refractivity contribution in [1.82, 2.24) is 4.72 Å². The number of benzene rings is 1. The summed E-state index contributed by atoms with van der Waals surface area (Å²) in [5.41, 5.74) is 0. The number of sulfonamides is 1. The highest BCUT2D eigenvalue weighted by molar-refractivity contribution is 7.89. The van der Waals surface area contributed by atoms with E-state index in [1.165, 1.54) is 7.11 Å². The van der Waals surface area contributed by atoms with Crippen molar-refractivity contribution in [2.24, 2.45) is 0 Å². The summed E-state index contributed by atoms with van der Waals surface area (Å²) in [6, 6.07) is 2.40. The zero-order valence-electron chi connectivity index (χ0n) is 11.6. The second kappa shape index (κ2) is 8.04. The Morgan fingerprint density at radius 3 is 2.52 bits per heavy atom. The van der Waals surface area contributed by atoms with Gasteiger partial charge in [-0.1, -0.05) is 6.42 Å². The van der Waals surface area contributed by atoms with Crippen LogP contribution in [0, 0.1) is 11.6 Å². The van der Waals surface area contributed by atoms with Crippen molar-refractivity contribution in [3.63, 3.8) is 0 Å². The minimum atomic E-state index is -3.86. The van der Waals surface area contributed by atoms with Crippen molar-refractivity contribution in [3.8, 4) is 0 Å². The molecule has 0 aromatic heterocycles. The molecule has 0 aliphatic heterocycles. The molecule has 1 aromatic carbocycles. The minimum absolute atomic E-state index is 0.155. The molecule has 0 aliphatic carbocycles. The molecular weight excluding hydrogens is 304 g/mol. The summed E-state index contributed by atoms with van der Waals surface area (Å²) >= 11 is 0. The number of nitrogens with one attached hydrogen (secondary N) is 1. The molecule has 0 saturated heterocycles. The standard InChI is InChI=1S/C13H17F2NO4S/c1-20-13(17)5-3-2-4-8-16-21(18,19)10-6-7-11(14)12(15)9-10/h6-7,9,16H,2-5,8H2,1H3. The maximum atomic E-state index is 13.0. The summed E-state index contributed by atoms with van der Waals surface area (Å²) in [4.78, 5) is 10.5. The Morgan fingerprint density at radius 1 is 1.19 bits per heavy atom. The lowest BCUT2D eigenvalue weighted by Gasteiger charge is -2.07. The van der Waals surface area contributed by atoms with E-state index in [1.54, 1.807) is 0 Å². The monoisotopic (exact) mass is 321 g/mol.